The van der Waals surface area contributed by atoms with E-state index in [4.69, 9.17) is 0 Å². The van der Waals surface area contributed by atoms with Gasteiger partial charge in [-0.25, -0.2) is 8.42 Å². The normalized spacial score (nSPS) is 17.3. The van der Waals surface area contributed by atoms with E-state index in [1.165, 1.54) is 0 Å². The highest BCUT2D eigenvalue weighted by atomic mass is 32.2. The summed E-state index contributed by atoms with van der Waals surface area (Å²) >= 11 is 0. The van der Waals surface area contributed by atoms with E-state index in [0.717, 1.165) is 31.5 Å². The zero-order chi connectivity index (χ0) is 19.4. The molecule has 1 aliphatic heterocycles. The molecule has 1 amide bonds. The number of aryl methyl sites for hydroxylation is 2. The third kappa shape index (κ3) is 4.87. The van der Waals surface area contributed by atoms with Crippen molar-refractivity contribution in [2.75, 3.05) is 17.8 Å². The van der Waals surface area contributed by atoms with Crippen LogP contribution in [-0.2, 0) is 10.0 Å². The van der Waals surface area contributed by atoms with Gasteiger partial charge in [0.15, 0.2) is 0 Å². The first-order chi connectivity index (χ1) is 12.8. The monoisotopic (exact) mass is 387 g/mol. The Kier molecular flexibility index (Phi) is 5.82. The van der Waals surface area contributed by atoms with Gasteiger partial charge in [0, 0.05) is 23.8 Å². The maximum Gasteiger partial charge on any atom is 0.262 e. The van der Waals surface area contributed by atoms with Crippen LogP contribution >= 0.6 is 0 Å². The lowest BCUT2D eigenvalue weighted by Gasteiger charge is -2.23. The molecule has 2 aromatic rings. The maximum atomic E-state index is 12.7. The Morgan fingerprint density at radius 2 is 1.85 bits per heavy atom. The fourth-order valence-corrected chi connectivity index (χ4v) is 4.53. The van der Waals surface area contributed by atoms with Gasteiger partial charge < -0.3 is 10.6 Å². The van der Waals surface area contributed by atoms with E-state index in [9.17, 15) is 13.2 Å². The van der Waals surface area contributed by atoms with E-state index < -0.39 is 10.0 Å². The molecule has 0 radical (unpaired) electrons. The van der Waals surface area contributed by atoms with E-state index in [-0.39, 0.29) is 16.8 Å². The molecule has 1 saturated heterocycles. The minimum Gasteiger partial charge on any atom is -0.348 e. The van der Waals surface area contributed by atoms with E-state index in [2.05, 4.69) is 15.4 Å². The van der Waals surface area contributed by atoms with Crippen molar-refractivity contribution in [1.29, 1.82) is 0 Å². The number of piperidine rings is 1. The fourth-order valence-electron chi connectivity index (χ4n) is 3.14. The van der Waals surface area contributed by atoms with Crippen LogP contribution in [0.1, 0.15) is 34.3 Å². The fraction of sp³-hybridized carbons (Fsp3) is 0.350. The zero-order valence-corrected chi connectivity index (χ0v) is 16.4. The summed E-state index contributed by atoms with van der Waals surface area (Å²) in [6, 6.07) is 11.9. The van der Waals surface area contributed by atoms with Gasteiger partial charge in [-0.15, -0.1) is 0 Å². The second kappa shape index (κ2) is 8.10. The van der Waals surface area contributed by atoms with Crippen molar-refractivity contribution in [3.05, 3.63) is 59.2 Å². The lowest BCUT2D eigenvalue weighted by molar-refractivity contribution is 0.0930. The van der Waals surface area contributed by atoms with E-state index in [0.29, 0.717) is 16.8 Å². The van der Waals surface area contributed by atoms with E-state index >= 15 is 0 Å². The molecule has 6 nitrogen and oxygen atoms in total. The van der Waals surface area contributed by atoms with Crippen molar-refractivity contribution in [1.82, 2.24) is 10.6 Å². The maximum absolute atomic E-state index is 12.7. The summed E-state index contributed by atoms with van der Waals surface area (Å²) in [4.78, 5) is 12.6. The molecule has 0 spiro atoms. The molecule has 0 aliphatic carbocycles. The molecule has 7 heteroatoms. The first-order valence-corrected chi connectivity index (χ1v) is 10.6. The van der Waals surface area contributed by atoms with Crippen LogP contribution < -0.4 is 15.4 Å². The predicted molar refractivity (Wildman–Crippen MR) is 107 cm³/mol. The van der Waals surface area contributed by atoms with Crippen LogP contribution in [0, 0.1) is 13.8 Å². The van der Waals surface area contributed by atoms with Crippen molar-refractivity contribution in [3.63, 3.8) is 0 Å². The third-order valence-electron chi connectivity index (χ3n) is 4.66. The molecule has 3 rings (SSSR count). The molecule has 0 aromatic heterocycles. The zero-order valence-electron chi connectivity index (χ0n) is 15.6. The second-order valence-electron chi connectivity index (χ2n) is 6.97. The lowest BCUT2D eigenvalue weighted by Crippen LogP contribution is -2.45. The smallest absolute Gasteiger partial charge is 0.262 e. The number of amides is 1. The van der Waals surface area contributed by atoms with Gasteiger partial charge in [0.1, 0.15) is 0 Å². The summed E-state index contributed by atoms with van der Waals surface area (Å²) in [5, 5.41) is 6.26. The Morgan fingerprint density at radius 3 is 2.52 bits per heavy atom. The number of hydrogen-bond donors (Lipinski definition) is 3. The SMILES string of the molecule is Cc1ccc(C)c(S(=O)(=O)Nc2ccc(C(=O)NC3CCCNC3)cc2)c1. The van der Waals surface area contributed by atoms with Crippen molar-refractivity contribution >= 4 is 21.6 Å². The molecule has 0 bridgehead atoms. The highest BCUT2D eigenvalue weighted by Crippen LogP contribution is 2.21. The van der Waals surface area contributed by atoms with Gasteiger partial charge in [0.2, 0.25) is 0 Å². The largest absolute Gasteiger partial charge is 0.348 e. The highest BCUT2D eigenvalue weighted by Gasteiger charge is 2.18. The number of carbonyl (C=O) groups excluding carboxylic acids is 1. The number of sulfonamides is 1. The molecule has 1 unspecified atom stereocenters. The Bertz CT molecular complexity index is 918. The quantitative estimate of drug-likeness (QED) is 0.736. The molecule has 1 heterocycles. The summed E-state index contributed by atoms with van der Waals surface area (Å²) in [6.07, 6.45) is 2.01. The number of anilines is 1. The number of hydrogen-bond acceptors (Lipinski definition) is 4. The van der Waals surface area contributed by atoms with Crippen molar-refractivity contribution in [3.8, 4) is 0 Å². The summed E-state index contributed by atoms with van der Waals surface area (Å²) in [7, 11) is -3.68. The van der Waals surface area contributed by atoms with Gasteiger partial charge in [0.25, 0.3) is 15.9 Å². The molecule has 3 N–H and O–H groups in total. The molecular weight excluding hydrogens is 362 g/mol. The second-order valence-corrected chi connectivity index (χ2v) is 8.62. The Hall–Kier alpha value is -2.38. The molecule has 1 atom stereocenters. The van der Waals surface area contributed by atoms with Gasteiger partial charge in [0.05, 0.1) is 4.90 Å². The van der Waals surface area contributed by atoms with Crippen LogP contribution in [0.2, 0.25) is 0 Å². The molecule has 1 fully saturated rings. The Balaban J connectivity index is 1.69. The van der Waals surface area contributed by atoms with Crippen LogP contribution in [0.15, 0.2) is 47.4 Å². The Labute approximate surface area is 160 Å². The average Bonchev–Trinajstić information content (AvgIpc) is 2.64. The van der Waals surface area contributed by atoms with Crippen LogP contribution in [-0.4, -0.2) is 33.5 Å². The molecule has 144 valence electrons. The number of nitrogens with one attached hydrogen (secondary N) is 3. The molecule has 27 heavy (non-hydrogen) atoms. The topological polar surface area (TPSA) is 87.3 Å². The number of benzene rings is 2. The van der Waals surface area contributed by atoms with Crippen LogP contribution in [0.3, 0.4) is 0 Å². The third-order valence-corrected chi connectivity index (χ3v) is 6.19. The van der Waals surface area contributed by atoms with Crippen molar-refractivity contribution in [2.24, 2.45) is 0 Å². The van der Waals surface area contributed by atoms with Crippen molar-refractivity contribution in [2.45, 2.75) is 37.6 Å². The minimum atomic E-state index is -3.68. The molecule has 2 aromatic carbocycles. The van der Waals surface area contributed by atoms with Gasteiger partial charge in [-0.3, -0.25) is 9.52 Å². The van der Waals surface area contributed by atoms with E-state index in [1.54, 1.807) is 43.3 Å². The van der Waals surface area contributed by atoms with Crippen molar-refractivity contribution < 1.29 is 13.2 Å². The molecule has 1 aliphatic rings. The minimum absolute atomic E-state index is 0.133. The molecular formula is C20H25N3O3S. The summed E-state index contributed by atoms with van der Waals surface area (Å²) in [5.74, 6) is -0.146. The summed E-state index contributed by atoms with van der Waals surface area (Å²) in [5.41, 5.74) is 2.50. The average molecular weight is 388 g/mol. The molecule has 0 saturated carbocycles. The highest BCUT2D eigenvalue weighted by molar-refractivity contribution is 7.92. The Morgan fingerprint density at radius 1 is 1.11 bits per heavy atom. The van der Waals surface area contributed by atoms with E-state index in [1.807, 2.05) is 13.0 Å². The van der Waals surface area contributed by atoms with Crippen LogP contribution in [0.4, 0.5) is 5.69 Å². The summed E-state index contributed by atoms with van der Waals surface area (Å²) < 4.78 is 27.9. The lowest BCUT2D eigenvalue weighted by atomic mass is 10.1. The predicted octanol–water partition coefficient (Wildman–Crippen LogP) is 2.59. The standard InChI is InChI=1S/C20H25N3O3S/c1-14-5-6-15(2)19(12-14)27(25,26)23-17-9-7-16(8-10-17)20(24)22-18-4-3-11-21-13-18/h5-10,12,18,21,23H,3-4,11,13H2,1-2H3,(H,22,24). The van der Waals surface area contributed by atoms with Gasteiger partial charge in [-0.2, -0.15) is 0 Å². The summed E-state index contributed by atoms with van der Waals surface area (Å²) in [6.45, 7) is 5.39. The van der Waals surface area contributed by atoms with Gasteiger partial charge in [-0.1, -0.05) is 12.1 Å². The first kappa shape index (κ1) is 19.4. The van der Waals surface area contributed by atoms with Crippen LogP contribution in [0.5, 0.6) is 0 Å². The van der Waals surface area contributed by atoms with Crippen LogP contribution in [0.25, 0.3) is 0 Å². The van der Waals surface area contributed by atoms with Gasteiger partial charge in [-0.05, 0) is 74.7 Å². The number of carbonyl (C=O) groups is 1. The van der Waals surface area contributed by atoms with Gasteiger partial charge >= 0.3 is 0 Å². The first-order valence-electron chi connectivity index (χ1n) is 9.07. The number of rotatable bonds is 5.